The number of hydrogen-bond acceptors (Lipinski definition) is 3. The van der Waals surface area contributed by atoms with Crippen LogP contribution in [0.1, 0.15) is 11.1 Å². The fourth-order valence-corrected chi connectivity index (χ4v) is 5.34. The summed E-state index contributed by atoms with van der Waals surface area (Å²) in [5, 5.41) is -0.237. The van der Waals surface area contributed by atoms with Gasteiger partial charge >= 0.3 is 0 Å². The Bertz CT molecular complexity index is 1380. The monoisotopic (exact) mass is 522 g/mol. The highest BCUT2D eigenvalue weighted by molar-refractivity contribution is 7.92. The average Bonchev–Trinajstić information content (AvgIpc) is 2.90. The molecule has 0 aliphatic carbocycles. The van der Waals surface area contributed by atoms with Crippen molar-refractivity contribution in [1.29, 1.82) is 0 Å². The van der Waals surface area contributed by atoms with Gasteiger partial charge in [0.1, 0.15) is 12.4 Å². The van der Waals surface area contributed by atoms with E-state index in [1.165, 1.54) is 24.3 Å². The van der Waals surface area contributed by atoms with Crippen LogP contribution in [0.2, 0.25) is 5.02 Å². The largest absolute Gasteiger partial charge is 0.332 e. The number of sulfonamides is 1. The number of carbonyl (C=O) groups excluding carboxylic acids is 1. The van der Waals surface area contributed by atoms with Gasteiger partial charge in [-0.25, -0.2) is 12.8 Å². The third kappa shape index (κ3) is 6.11. The maximum absolute atomic E-state index is 13.9. The predicted octanol–water partition coefficient (Wildman–Crippen LogP) is 5.90. The van der Waals surface area contributed by atoms with Crippen LogP contribution in [0.4, 0.5) is 10.1 Å². The van der Waals surface area contributed by atoms with E-state index in [-0.39, 0.29) is 28.7 Å². The molecular weight excluding hydrogens is 499 g/mol. The van der Waals surface area contributed by atoms with Gasteiger partial charge in [-0.05, 0) is 41.5 Å². The lowest BCUT2D eigenvalue weighted by Gasteiger charge is -2.29. The highest BCUT2D eigenvalue weighted by Crippen LogP contribution is 2.28. The maximum atomic E-state index is 13.9. The Morgan fingerprint density at radius 1 is 0.750 bits per heavy atom. The van der Waals surface area contributed by atoms with Crippen LogP contribution in [0.15, 0.2) is 114 Å². The zero-order valence-electron chi connectivity index (χ0n) is 19.3. The first-order valence-electron chi connectivity index (χ1n) is 11.2. The zero-order chi connectivity index (χ0) is 25.5. The summed E-state index contributed by atoms with van der Waals surface area (Å²) in [5.74, 6) is -1.10. The van der Waals surface area contributed by atoms with E-state index in [1.807, 2.05) is 60.7 Å². The van der Waals surface area contributed by atoms with Crippen molar-refractivity contribution in [1.82, 2.24) is 4.90 Å². The second kappa shape index (κ2) is 11.4. The number of carbonyl (C=O) groups is 1. The van der Waals surface area contributed by atoms with Crippen molar-refractivity contribution < 1.29 is 17.6 Å². The normalized spacial score (nSPS) is 11.2. The number of rotatable bonds is 9. The lowest BCUT2D eigenvalue weighted by Crippen LogP contribution is -2.42. The summed E-state index contributed by atoms with van der Waals surface area (Å²) in [6.07, 6.45) is 0. The summed E-state index contributed by atoms with van der Waals surface area (Å²) in [6, 6.07) is 30.3. The fourth-order valence-electron chi connectivity index (χ4n) is 3.74. The third-order valence-electron chi connectivity index (χ3n) is 5.59. The van der Waals surface area contributed by atoms with Gasteiger partial charge in [-0.15, -0.1) is 0 Å². The fraction of sp³-hybridized carbons (Fsp3) is 0.107. The molecule has 4 aromatic rings. The summed E-state index contributed by atoms with van der Waals surface area (Å²) < 4.78 is 42.1. The average molecular weight is 523 g/mol. The van der Waals surface area contributed by atoms with Gasteiger partial charge in [0, 0.05) is 13.1 Å². The molecule has 0 N–H and O–H groups in total. The van der Waals surface area contributed by atoms with E-state index in [9.17, 15) is 17.6 Å². The van der Waals surface area contributed by atoms with Crippen molar-refractivity contribution >= 4 is 33.2 Å². The van der Waals surface area contributed by atoms with Crippen LogP contribution in [-0.2, 0) is 27.9 Å². The molecule has 0 aromatic heterocycles. The predicted molar refractivity (Wildman–Crippen MR) is 140 cm³/mol. The molecule has 4 rings (SSSR count). The van der Waals surface area contributed by atoms with Crippen molar-refractivity contribution in [2.75, 3.05) is 10.8 Å². The van der Waals surface area contributed by atoms with Crippen LogP contribution in [0.5, 0.6) is 0 Å². The Morgan fingerprint density at radius 3 is 1.75 bits per heavy atom. The van der Waals surface area contributed by atoms with E-state index in [1.54, 1.807) is 23.1 Å². The van der Waals surface area contributed by atoms with Crippen LogP contribution >= 0.6 is 11.6 Å². The van der Waals surface area contributed by atoms with E-state index < -0.39 is 28.3 Å². The van der Waals surface area contributed by atoms with Gasteiger partial charge in [0.25, 0.3) is 10.0 Å². The second-order valence-corrected chi connectivity index (χ2v) is 10.4. The Balaban J connectivity index is 1.71. The molecule has 4 aromatic carbocycles. The summed E-state index contributed by atoms with van der Waals surface area (Å²) >= 11 is 5.98. The van der Waals surface area contributed by atoms with Gasteiger partial charge in [0.05, 0.1) is 15.6 Å². The molecule has 8 heteroatoms. The molecule has 1 amide bonds. The Kier molecular flexibility index (Phi) is 8.03. The molecule has 0 atom stereocenters. The first-order valence-corrected chi connectivity index (χ1v) is 13.0. The molecule has 36 heavy (non-hydrogen) atoms. The highest BCUT2D eigenvalue weighted by atomic mass is 35.5. The van der Waals surface area contributed by atoms with E-state index >= 15 is 0 Å². The van der Waals surface area contributed by atoms with E-state index in [4.69, 9.17) is 11.6 Å². The van der Waals surface area contributed by atoms with Crippen molar-refractivity contribution in [3.8, 4) is 0 Å². The first-order chi connectivity index (χ1) is 17.3. The number of benzene rings is 4. The molecule has 0 radical (unpaired) electrons. The van der Waals surface area contributed by atoms with Crippen molar-refractivity contribution in [3.63, 3.8) is 0 Å². The topological polar surface area (TPSA) is 57.7 Å². The van der Waals surface area contributed by atoms with Crippen LogP contribution < -0.4 is 4.31 Å². The molecule has 0 heterocycles. The smallest absolute Gasteiger partial charge is 0.264 e. The molecular formula is C28H24ClFN2O3S. The number of anilines is 1. The number of amides is 1. The van der Waals surface area contributed by atoms with Crippen molar-refractivity contribution in [2.45, 2.75) is 18.0 Å². The SMILES string of the molecule is O=C(CN(c1ccc(F)c(Cl)c1)S(=O)(=O)c1ccccc1)N(Cc1ccccc1)Cc1ccccc1. The zero-order valence-corrected chi connectivity index (χ0v) is 20.9. The third-order valence-corrected chi connectivity index (χ3v) is 7.66. The van der Waals surface area contributed by atoms with Gasteiger partial charge in [-0.3, -0.25) is 9.10 Å². The minimum Gasteiger partial charge on any atom is -0.332 e. The highest BCUT2D eigenvalue weighted by Gasteiger charge is 2.29. The summed E-state index contributed by atoms with van der Waals surface area (Å²) in [6.45, 7) is 0.0921. The molecule has 0 bridgehead atoms. The van der Waals surface area contributed by atoms with Gasteiger partial charge in [-0.1, -0.05) is 90.5 Å². The van der Waals surface area contributed by atoms with Gasteiger partial charge < -0.3 is 4.90 Å². The minimum absolute atomic E-state index is 0.0101. The quantitative estimate of drug-likeness (QED) is 0.275. The lowest BCUT2D eigenvalue weighted by atomic mass is 10.1. The van der Waals surface area contributed by atoms with Gasteiger partial charge in [0.2, 0.25) is 5.91 Å². The van der Waals surface area contributed by atoms with Gasteiger partial charge in [0.15, 0.2) is 0 Å². The summed E-state index contributed by atoms with van der Waals surface area (Å²) in [5.41, 5.74) is 1.91. The standard InChI is InChI=1S/C28H24ClFN2O3S/c29-26-18-24(16-17-27(26)30)32(36(34,35)25-14-8-3-9-15-25)21-28(33)31(19-22-10-4-1-5-11-22)20-23-12-6-2-7-13-23/h1-18H,19-21H2. The molecule has 0 saturated carbocycles. The number of nitrogens with zero attached hydrogens (tertiary/aromatic N) is 2. The molecule has 0 saturated heterocycles. The van der Waals surface area contributed by atoms with E-state index in [0.717, 1.165) is 21.5 Å². The molecule has 0 unspecified atom stereocenters. The lowest BCUT2D eigenvalue weighted by molar-refractivity contribution is -0.130. The molecule has 0 aliphatic heterocycles. The second-order valence-electron chi connectivity index (χ2n) is 8.14. The van der Waals surface area contributed by atoms with Crippen molar-refractivity contribution in [2.24, 2.45) is 0 Å². The first kappa shape index (κ1) is 25.4. The Morgan fingerprint density at radius 2 is 1.25 bits per heavy atom. The Labute approximate surface area is 215 Å². The van der Waals surface area contributed by atoms with E-state index in [0.29, 0.717) is 0 Å². The molecule has 0 aliphatic rings. The maximum Gasteiger partial charge on any atom is 0.264 e. The number of halogens is 2. The number of hydrogen-bond donors (Lipinski definition) is 0. The summed E-state index contributed by atoms with van der Waals surface area (Å²) in [7, 11) is -4.15. The van der Waals surface area contributed by atoms with Crippen LogP contribution in [0, 0.1) is 5.82 Å². The van der Waals surface area contributed by atoms with Crippen LogP contribution in [0.3, 0.4) is 0 Å². The Hall–Kier alpha value is -3.68. The van der Waals surface area contributed by atoms with Crippen LogP contribution in [-0.4, -0.2) is 25.8 Å². The molecule has 5 nitrogen and oxygen atoms in total. The molecule has 184 valence electrons. The molecule has 0 fully saturated rings. The van der Waals surface area contributed by atoms with Gasteiger partial charge in [-0.2, -0.15) is 0 Å². The summed E-state index contributed by atoms with van der Waals surface area (Å²) in [4.78, 5) is 15.3. The minimum atomic E-state index is -4.15. The molecule has 0 spiro atoms. The van der Waals surface area contributed by atoms with Crippen LogP contribution in [0.25, 0.3) is 0 Å². The van der Waals surface area contributed by atoms with Crippen molar-refractivity contribution in [3.05, 3.63) is 131 Å². The van der Waals surface area contributed by atoms with E-state index in [2.05, 4.69) is 0 Å².